The van der Waals surface area contributed by atoms with Gasteiger partial charge in [-0.2, -0.15) is 0 Å². The number of amides is 1. The van der Waals surface area contributed by atoms with Gasteiger partial charge in [-0.05, 0) is 31.4 Å². The Morgan fingerprint density at radius 2 is 2.05 bits per heavy atom. The number of nitrogens with zero attached hydrogens (tertiary/aromatic N) is 2. The second-order valence-electron chi connectivity index (χ2n) is 5.47. The molecule has 1 fully saturated rings. The lowest BCUT2D eigenvalue weighted by molar-refractivity contribution is -0.142. The van der Waals surface area contributed by atoms with Gasteiger partial charge in [0, 0.05) is 18.8 Å². The molecule has 0 spiro atoms. The molecular formula is C14H19N3O3. The van der Waals surface area contributed by atoms with Crippen molar-refractivity contribution in [1.29, 1.82) is 0 Å². The molecule has 2 heterocycles. The summed E-state index contributed by atoms with van der Waals surface area (Å²) >= 11 is 0. The zero-order valence-electron chi connectivity index (χ0n) is 11.9. The highest BCUT2D eigenvalue weighted by Gasteiger charge is 2.36. The Labute approximate surface area is 117 Å². The van der Waals surface area contributed by atoms with Crippen molar-refractivity contribution >= 4 is 17.7 Å². The Bertz CT molecular complexity index is 571. The number of carboxylic acid groups (broad SMARTS) is 1. The molecule has 1 amide bonds. The number of carboxylic acids is 1. The van der Waals surface area contributed by atoms with Crippen molar-refractivity contribution in [2.45, 2.75) is 20.8 Å². The molecule has 1 aromatic rings. The summed E-state index contributed by atoms with van der Waals surface area (Å²) in [6.45, 7) is 6.47. The first-order chi connectivity index (χ1) is 9.31. The Morgan fingerprint density at radius 1 is 1.40 bits per heavy atom. The Hall–Kier alpha value is -2.11. The number of aryl methyl sites for hydroxylation is 2. The minimum Gasteiger partial charge on any atom is -0.481 e. The lowest BCUT2D eigenvalue weighted by Crippen LogP contribution is -2.27. The summed E-state index contributed by atoms with van der Waals surface area (Å²) in [5.41, 5.74) is 7.38. The standard InChI is InChI=1S/C14H19N3O3/c1-7-4-9(3)16-13(11(7)12(15)18)17-5-8(2)10(6-17)14(19)20/h4,8,10H,5-6H2,1-3H3,(H2,15,18)(H,19,20)/t8-,10-/m1/s1. The van der Waals surface area contributed by atoms with Gasteiger partial charge in [0.2, 0.25) is 0 Å². The van der Waals surface area contributed by atoms with Gasteiger partial charge in [0.05, 0.1) is 11.5 Å². The smallest absolute Gasteiger partial charge is 0.308 e. The zero-order chi connectivity index (χ0) is 15.0. The number of pyridine rings is 1. The molecule has 0 radical (unpaired) electrons. The third-order valence-electron chi connectivity index (χ3n) is 3.80. The Kier molecular flexibility index (Phi) is 3.65. The van der Waals surface area contributed by atoms with E-state index < -0.39 is 17.8 Å². The summed E-state index contributed by atoms with van der Waals surface area (Å²) in [7, 11) is 0. The summed E-state index contributed by atoms with van der Waals surface area (Å²) in [4.78, 5) is 29.1. The van der Waals surface area contributed by atoms with Crippen molar-refractivity contribution in [2.24, 2.45) is 17.6 Å². The maximum Gasteiger partial charge on any atom is 0.308 e. The monoisotopic (exact) mass is 277 g/mol. The van der Waals surface area contributed by atoms with Crippen LogP contribution in [0.2, 0.25) is 0 Å². The predicted octanol–water partition coefficient (Wildman–Crippen LogP) is 0.954. The summed E-state index contributed by atoms with van der Waals surface area (Å²) < 4.78 is 0. The molecule has 0 aromatic carbocycles. The van der Waals surface area contributed by atoms with E-state index in [1.165, 1.54) is 0 Å². The van der Waals surface area contributed by atoms with Crippen LogP contribution in [0.25, 0.3) is 0 Å². The van der Waals surface area contributed by atoms with E-state index in [1.807, 2.05) is 25.7 Å². The van der Waals surface area contributed by atoms with Crippen LogP contribution in [0, 0.1) is 25.7 Å². The number of nitrogens with two attached hydrogens (primary N) is 1. The highest BCUT2D eigenvalue weighted by Crippen LogP contribution is 2.30. The minimum absolute atomic E-state index is 0.0100. The molecule has 108 valence electrons. The Morgan fingerprint density at radius 3 is 2.55 bits per heavy atom. The topological polar surface area (TPSA) is 96.5 Å². The summed E-state index contributed by atoms with van der Waals surface area (Å²) in [5, 5.41) is 9.20. The van der Waals surface area contributed by atoms with Crippen LogP contribution in [0.4, 0.5) is 5.82 Å². The van der Waals surface area contributed by atoms with E-state index in [-0.39, 0.29) is 5.92 Å². The number of carbonyl (C=O) groups excluding carboxylic acids is 1. The quantitative estimate of drug-likeness (QED) is 0.857. The van der Waals surface area contributed by atoms with Crippen LogP contribution >= 0.6 is 0 Å². The zero-order valence-corrected chi connectivity index (χ0v) is 11.9. The molecule has 6 heteroatoms. The highest BCUT2D eigenvalue weighted by molar-refractivity contribution is 5.99. The second kappa shape index (κ2) is 5.11. The fourth-order valence-electron chi connectivity index (χ4n) is 2.81. The fraction of sp³-hybridized carbons (Fsp3) is 0.500. The van der Waals surface area contributed by atoms with E-state index in [0.29, 0.717) is 24.5 Å². The third kappa shape index (κ3) is 2.45. The van der Waals surface area contributed by atoms with E-state index >= 15 is 0 Å². The van der Waals surface area contributed by atoms with Crippen LogP contribution in [-0.2, 0) is 4.79 Å². The molecule has 1 aromatic heterocycles. The van der Waals surface area contributed by atoms with Gasteiger partial charge in [-0.3, -0.25) is 9.59 Å². The van der Waals surface area contributed by atoms with E-state index in [9.17, 15) is 14.7 Å². The first-order valence-electron chi connectivity index (χ1n) is 6.57. The maximum absolute atomic E-state index is 11.6. The second-order valence-corrected chi connectivity index (χ2v) is 5.47. The summed E-state index contributed by atoms with van der Waals surface area (Å²) in [6, 6.07) is 1.80. The molecule has 1 aliphatic rings. The van der Waals surface area contributed by atoms with Gasteiger partial charge in [0.25, 0.3) is 5.91 Å². The number of hydrogen-bond acceptors (Lipinski definition) is 4. The summed E-state index contributed by atoms with van der Waals surface area (Å²) in [6.07, 6.45) is 0. The van der Waals surface area contributed by atoms with Gasteiger partial charge in [0.15, 0.2) is 0 Å². The van der Waals surface area contributed by atoms with Gasteiger partial charge in [-0.1, -0.05) is 6.92 Å². The van der Waals surface area contributed by atoms with E-state index in [2.05, 4.69) is 4.98 Å². The molecule has 2 rings (SSSR count). The van der Waals surface area contributed by atoms with Gasteiger partial charge in [-0.15, -0.1) is 0 Å². The molecule has 3 N–H and O–H groups in total. The van der Waals surface area contributed by atoms with E-state index in [1.54, 1.807) is 6.07 Å². The molecular weight excluding hydrogens is 258 g/mol. The molecule has 0 unspecified atom stereocenters. The van der Waals surface area contributed by atoms with Crippen LogP contribution in [-0.4, -0.2) is 35.1 Å². The molecule has 0 saturated carbocycles. The number of carbonyl (C=O) groups is 2. The molecule has 6 nitrogen and oxygen atoms in total. The predicted molar refractivity (Wildman–Crippen MR) is 74.7 cm³/mol. The number of anilines is 1. The molecule has 1 saturated heterocycles. The average molecular weight is 277 g/mol. The molecule has 1 aliphatic heterocycles. The molecule has 20 heavy (non-hydrogen) atoms. The largest absolute Gasteiger partial charge is 0.481 e. The first kappa shape index (κ1) is 14.3. The number of primary amides is 1. The lowest BCUT2D eigenvalue weighted by Gasteiger charge is -2.21. The number of hydrogen-bond donors (Lipinski definition) is 2. The average Bonchev–Trinajstić information content (AvgIpc) is 2.69. The van der Waals surface area contributed by atoms with Crippen LogP contribution in [0.5, 0.6) is 0 Å². The van der Waals surface area contributed by atoms with Gasteiger partial charge >= 0.3 is 5.97 Å². The minimum atomic E-state index is -0.815. The Balaban J connectivity index is 2.43. The summed E-state index contributed by atoms with van der Waals surface area (Å²) in [5.74, 6) is -1.28. The fourth-order valence-corrected chi connectivity index (χ4v) is 2.81. The van der Waals surface area contributed by atoms with Gasteiger partial charge in [-0.25, -0.2) is 4.98 Å². The van der Waals surface area contributed by atoms with Crippen molar-refractivity contribution in [1.82, 2.24) is 4.98 Å². The van der Waals surface area contributed by atoms with Crippen LogP contribution in [0.15, 0.2) is 6.07 Å². The maximum atomic E-state index is 11.6. The van der Waals surface area contributed by atoms with E-state index in [0.717, 1.165) is 11.3 Å². The van der Waals surface area contributed by atoms with Crippen molar-refractivity contribution in [3.05, 3.63) is 22.9 Å². The number of rotatable bonds is 3. The van der Waals surface area contributed by atoms with Crippen molar-refractivity contribution < 1.29 is 14.7 Å². The lowest BCUT2D eigenvalue weighted by atomic mass is 9.99. The van der Waals surface area contributed by atoms with Crippen LogP contribution in [0.1, 0.15) is 28.5 Å². The van der Waals surface area contributed by atoms with Crippen molar-refractivity contribution in [2.75, 3.05) is 18.0 Å². The molecule has 0 bridgehead atoms. The first-order valence-corrected chi connectivity index (χ1v) is 6.57. The van der Waals surface area contributed by atoms with E-state index in [4.69, 9.17) is 5.73 Å². The molecule has 0 aliphatic carbocycles. The number of aliphatic carboxylic acids is 1. The van der Waals surface area contributed by atoms with Gasteiger partial charge in [0.1, 0.15) is 5.82 Å². The van der Waals surface area contributed by atoms with Gasteiger partial charge < -0.3 is 15.7 Å². The third-order valence-corrected chi connectivity index (χ3v) is 3.80. The van der Waals surface area contributed by atoms with Crippen LogP contribution < -0.4 is 10.6 Å². The normalized spacial score (nSPS) is 22.1. The number of aromatic nitrogens is 1. The highest BCUT2D eigenvalue weighted by atomic mass is 16.4. The SMILES string of the molecule is Cc1cc(C)c(C(N)=O)c(N2C[C@@H](C)[C@H](C(=O)O)C2)n1. The molecule has 2 atom stereocenters. The van der Waals surface area contributed by atoms with Crippen molar-refractivity contribution in [3.63, 3.8) is 0 Å². The van der Waals surface area contributed by atoms with Crippen molar-refractivity contribution in [3.8, 4) is 0 Å². The van der Waals surface area contributed by atoms with Crippen LogP contribution in [0.3, 0.4) is 0 Å².